The molecule has 0 saturated heterocycles. The Kier molecular flexibility index (Phi) is 3.54. The summed E-state index contributed by atoms with van der Waals surface area (Å²) in [5, 5.41) is 4.29. The maximum atomic E-state index is 13.7. The molecule has 0 radical (unpaired) electrons. The first-order valence-corrected chi connectivity index (χ1v) is 5.63. The Labute approximate surface area is 100 Å². The highest BCUT2D eigenvalue weighted by molar-refractivity contribution is 5.23. The van der Waals surface area contributed by atoms with Crippen molar-refractivity contribution in [2.75, 3.05) is 6.54 Å². The smallest absolute Gasteiger partial charge is 0.126 e. The van der Waals surface area contributed by atoms with Crippen LogP contribution in [0.3, 0.4) is 0 Å². The zero-order chi connectivity index (χ0) is 12.3. The molecule has 1 atom stereocenters. The minimum absolute atomic E-state index is 0.0221. The van der Waals surface area contributed by atoms with Gasteiger partial charge in [0.25, 0.3) is 0 Å². The summed E-state index contributed by atoms with van der Waals surface area (Å²) >= 11 is 0. The van der Waals surface area contributed by atoms with Crippen molar-refractivity contribution in [3.05, 3.63) is 53.6 Å². The van der Waals surface area contributed by atoms with E-state index in [1.165, 1.54) is 6.07 Å². The minimum atomic E-state index is -0.195. The van der Waals surface area contributed by atoms with Gasteiger partial charge in [0.1, 0.15) is 5.82 Å². The number of rotatable bonds is 4. The summed E-state index contributed by atoms with van der Waals surface area (Å²) in [7, 11) is 1.87. The van der Waals surface area contributed by atoms with Crippen LogP contribution in [0.25, 0.3) is 0 Å². The van der Waals surface area contributed by atoms with Gasteiger partial charge in [-0.15, -0.1) is 0 Å². The van der Waals surface area contributed by atoms with Crippen molar-refractivity contribution in [3.63, 3.8) is 0 Å². The number of hydrogen-bond acceptors (Lipinski definition) is 2. The number of benzene rings is 1. The van der Waals surface area contributed by atoms with Crippen molar-refractivity contribution in [1.82, 2.24) is 9.78 Å². The lowest BCUT2D eigenvalue weighted by Gasteiger charge is -2.14. The average molecular weight is 233 g/mol. The maximum absolute atomic E-state index is 13.7. The molecule has 0 aliphatic carbocycles. The normalized spacial score (nSPS) is 12.6. The van der Waals surface area contributed by atoms with Gasteiger partial charge in [0.2, 0.25) is 0 Å². The van der Waals surface area contributed by atoms with Gasteiger partial charge in [0.15, 0.2) is 0 Å². The fraction of sp³-hybridized carbons (Fsp3) is 0.308. The number of aromatic nitrogens is 2. The molecule has 2 aromatic rings. The molecular weight excluding hydrogens is 217 g/mol. The minimum Gasteiger partial charge on any atom is -0.330 e. The van der Waals surface area contributed by atoms with Crippen molar-refractivity contribution in [2.24, 2.45) is 12.8 Å². The molecule has 0 aliphatic heterocycles. The summed E-state index contributed by atoms with van der Waals surface area (Å²) in [6.45, 7) is 0.414. The van der Waals surface area contributed by atoms with Crippen LogP contribution >= 0.6 is 0 Å². The van der Waals surface area contributed by atoms with Crippen molar-refractivity contribution >= 4 is 0 Å². The zero-order valence-corrected chi connectivity index (χ0v) is 9.81. The van der Waals surface area contributed by atoms with E-state index >= 15 is 0 Å². The molecule has 1 heterocycles. The first-order valence-electron chi connectivity index (χ1n) is 5.63. The van der Waals surface area contributed by atoms with E-state index in [0.29, 0.717) is 18.5 Å². The van der Waals surface area contributed by atoms with Crippen LogP contribution in [-0.2, 0) is 13.5 Å². The van der Waals surface area contributed by atoms with Crippen LogP contribution in [0.4, 0.5) is 4.39 Å². The molecule has 1 aromatic carbocycles. The molecule has 17 heavy (non-hydrogen) atoms. The second-order valence-corrected chi connectivity index (χ2v) is 4.14. The molecule has 3 nitrogen and oxygen atoms in total. The number of hydrogen-bond donors (Lipinski definition) is 1. The molecule has 90 valence electrons. The van der Waals surface area contributed by atoms with E-state index in [0.717, 1.165) is 5.69 Å². The lowest BCUT2D eigenvalue weighted by molar-refractivity contribution is 0.571. The standard InChI is InChI=1S/C13H16FN3/c1-17-7-6-11(16-17)8-10(9-15)12-4-2-3-5-13(12)14/h2-7,10H,8-9,15H2,1H3. The lowest BCUT2D eigenvalue weighted by atomic mass is 9.94. The third-order valence-corrected chi connectivity index (χ3v) is 2.85. The fourth-order valence-electron chi connectivity index (χ4n) is 1.95. The van der Waals surface area contributed by atoms with Crippen molar-refractivity contribution < 1.29 is 4.39 Å². The molecule has 0 fully saturated rings. The van der Waals surface area contributed by atoms with Crippen LogP contribution in [0, 0.1) is 5.82 Å². The summed E-state index contributed by atoms with van der Waals surface area (Å²) in [6.07, 6.45) is 2.54. The third kappa shape index (κ3) is 2.71. The van der Waals surface area contributed by atoms with E-state index in [4.69, 9.17) is 5.73 Å². The van der Waals surface area contributed by atoms with Crippen LogP contribution in [-0.4, -0.2) is 16.3 Å². The van der Waals surface area contributed by atoms with Crippen LogP contribution in [0.2, 0.25) is 0 Å². The quantitative estimate of drug-likeness (QED) is 0.875. The molecule has 0 spiro atoms. The Morgan fingerprint density at radius 1 is 1.35 bits per heavy atom. The van der Waals surface area contributed by atoms with Crippen LogP contribution < -0.4 is 5.73 Å². The number of halogens is 1. The van der Waals surface area contributed by atoms with E-state index in [-0.39, 0.29) is 11.7 Å². The van der Waals surface area contributed by atoms with Gasteiger partial charge in [-0.05, 0) is 30.7 Å². The monoisotopic (exact) mass is 233 g/mol. The fourth-order valence-corrected chi connectivity index (χ4v) is 1.95. The van der Waals surface area contributed by atoms with E-state index < -0.39 is 0 Å². The second kappa shape index (κ2) is 5.10. The van der Waals surface area contributed by atoms with E-state index in [9.17, 15) is 4.39 Å². The van der Waals surface area contributed by atoms with Gasteiger partial charge < -0.3 is 5.73 Å². The predicted octanol–water partition coefficient (Wildman–Crippen LogP) is 1.84. The van der Waals surface area contributed by atoms with Crippen LogP contribution in [0.15, 0.2) is 36.5 Å². The van der Waals surface area contributed by atoms with Crippen molar-refractivity contribution in [1.29, 1.82) is 0 Å². The SMILES string of the molecule is Cn1ccc(CC(CN)c2ccccc2F)n1. The predicted molar refractivity (Wildman–Crippen MR) is 65.1 cm³/mol. The summed E-state index contributed by atoms with van der Waals surface area (Å²) < 4.78 is 15.4. The molecule has 4 heteroatoms. The second-order valence-electron chi connectivity index (χ2n) is 4.14. The van der Waals surface area contributed by atoms with Crippen LogP contribution in [0.1, 0.15) is 17.2 Å². The van der Waals surface area contributed by atoms with Gasteiger partial charge in [-0.2, -0.15) is 5.10 Å². The first-order chi connectivity index (χ1) is 8.20. The Hall–Kier alpha value is -1.68. The number of aryl methyl sites for hydroxylation is 1. The highest BCUT2D eigenvalue weighted by atomic mass is 19.1. The summed E-state index contributed by atoms with van der Waals surface area (Å²) in [6, 6.07) is 8.71. The Bertz CT molecular complexity index is 493. The average Bonchev–Trinajstić information content (AvgIpc) is 2.73. The lowest BCUT2D eigenvalue weighted by Crippen LogP contribution is -2.16. The molecule has 2 N–H and O–H groups in total. The highest BCUT2D eigenvalue weighted by Gasteiger charge is 2.15. The molecule has 0 amide bonds. The van der Waals surface area contributed by atoms with Gasteiger partial charge in [-0.3, -0.25) is 4.68 Å². The Morgan fingerprint density at radius 3 is 2.71 bits per heavy atom. The maximum Gasteiger partial charge on any atom is 0.126 e. The van der Waals surface area contributed by atoms with Gasteiger partial charge in [0, 0.05) is 19.2 Å². The van der Waals surface area contributed by atoms with Gasteiger partial charge >= 0.3 is 0 Å². The van der Waals surface area contributed by atoms with Gasteiger partial charge in [-0.1, -0.05) is 18.2 Å². The largest absolute Gasteiger partial charge is 0.330 e. The molecule has 1 aromatic heterocycles. The number of nitrogens with two attached hydrogens (primary N) is 1. The molecule has 0 bridgehead atoms. The van der Waals surface area contributed by atoms with Gasteiger partial charge in [-0.25, -0.2) is 4.39 Å². The van der Waals surface area contributed by atoms with E-state index in [2.05, 4.69) is 5.10 Å². The summed E-state index contributed by atoms with van der Waals surface area (Å²) in [5.41, 5.74) is 7.33. The Balaban J connectivity index is 2.20. The molecule has 0 saturated carbocycles. The molecule has 2 rings (SSSR count). The van der Waals surface area contributed by atoms with Crippen molar-refractivity contribution in [2.45, 2.75) is 12.3 Å². The van der Waals surface area contributed by atoms with Crippen LogP contribution in [0.5, 0.6) is 0 Å². The van der Waals surface area contributed by atoms with Gasteiger partial charge in [0.05, 0.1) is 5.69 Å². The Morgan fingerprint density at radius 2 is 2.12 bits per heavy atom. The highest BCUT2D eigenvalue weighted by Crippen LogP contribution is 2.21. The topological polar surface area (TPSA) is 43.8 Å². The first kappa shape index (κ1) is 11.8. The summed E-state index contributed by atoms with van der Waals surface area (Å²) in [4.78, 5) is 0. The van der Waals surface area contributed by atoms with E-state index in [1.54, 1.807) is 16.8 Å². The molecular formula is C13H16FN3. The third-order valence-electron chi connectivity index (χ3n) is 2.85. The van der Waals surface area contributed by atoms with E-state index in [1.807, 2.05) is 25.4 Å². The zero-order valence-electron chi connectivity index (χ0n) is 9.81. The summed E-state index contributed by atoms with van der Waals surface area (Å²) in [5.74, 6) is -0.218. The molecule has 0 aliphatic rings. The molecule has 1 unspecified atom stereocenters. The van der Waals surface area contributed by atoms with Crippen molar-refractivity contribution in [3.8, 4) is 0 Å². The number of nitrogens with zero attached hydrogens (tertiary/aromatic N) is 2.